The van der Waals surface area contributed by atoms with Crippen molar-refractivity contribution in [1.29, 1.82) is 0 Å². The average molecular weight is 376 g/mol. The third-order valence-corrected chi connectivity index (χ3v) is 4.21. The van der Waals surface area contributed by atoms with Gasteiger partial charge in [-0.3, -0.25) is 19.4 Å². The van der Waals surface area contributed by atoms with Crippen LogP contribution >= 0.6 is 0 Å². The number of ether oxygens (including phenoxy) is 1. The molecule has 1 fully saturated rings. The van der Waals surface area contributed by atoms with Crippen LogP contribution in [0.25, 0.3) is 0 Å². The molecule has 144 valence electrons. The quantitative estimate of drug-likeness (QED) is 0.558. The minimum atomic E-state index is -0.735. The lowest BCUT2D eigenvalue weighted by Gasteiger charge is -2.34. The summed E-state index contributed by atoms with van der Waals surface area (Å²) in [5.74, 6) is -0.540. The number of aryl methyl sites for hydroxylation is 1. The average Bonchev–Trinajstić information content (AvgIpc) is 2.63. The van der Waals surface area contributed by atoms with E-state index in [1.807, 2.05) is 9.88 Å². The van der Waals surface area contributed by atoms with Crippen LogP contribution in [0.1, 0.15) is 16.9 Å². The number of nitrogens with zero attached hydrogens (tertiary/aromatic N) is 3. The van der Waals surface area contributed by atoms with Crippen molar-refractivity contribution >= 4 is 11.6 Å². The summed E-state index contributed by atoms with van der Waals surface area (Å²) in [4.78, 5) is 52.5. The minimum Gasteiger partial charge on any atom is -0.374 e. The summed E-state index contributed by atoms with van der Waals surface area (Å²) >= 11 is 0. The SMILES string of the molecule is Cn1ncc(N2CCO[C@@H](CCNC(=O)c3cc(=O)[nH]c(=O)[nH]3)C2)cc1=O. The van der Waals surface area contributed by atoms with E-state index >= 15 is 0 Å². The van der Waals surface area contributed by atoms with E-state index in [9.17, 15) is 19.2 Å². The Kier molecular flexibility index (Phi) is 5.50. The largest absolute Gasteiger partial charge is 0.374 e. The molecule has 11 heteroatoms. The Labute approximate surface area is 153 Å². The molecule has 0 spiro atoms. The van der Waals surface area contributed by atoms with E-state index in [0.29, 0.717) is 32.7 Å². The first-order valence-corrected chi connectivity index (χ1v) is 8.44. The van der Waals surface area contributed by atoms with E-state index in [0.717, 1.165) is 11.8 Å². The van der Waals surface area contributed by atoms with Gasteiger partial charge in [0.2, 0.25) is 0 Å². The van der Waals surface area contributed by atoms with Crippen molar-refractivity contribution in [3.8, 4) is 0 Å². The molecule has 1 atom stereocenters. The maximum absolute atomic E-state index is 12.0. The number of hydrogen-bond donors (Lipinski definition) is 3. The Morgan fingerprint density at radius 2 is 2.15 bits per heavy atom. The third-order valence-electron chi connectivity index (χ3n) is 4.21. The Bertz CT molecular complexity index is 965. The molecular formula is C16H20N6O5. The first-order valence-electron chi connectivity index (χ1n) is 8.44. The van der Waals surface area contributed by atoms with Gasteiger partial charge in [0.05, 0.1) is 24.6 Å². The molecule has 3 rings (SSSR count). The van der Waals surface area contributed by atoms with Crippen LogP contribution in [0.2, 0.25) is 0 Å². The summed E-state index contributed by atoms with van der Waals surface area (Å²) in [6.07, 6.45) is 2.03. The Balaban J connectivity index is 1.54. The van der Waals surface area contributed by atoms with Gasteiger partial charge in [-0.1, -0.05) is 0 Å². The monoisotopic (exact) mass is 376 g/mol. The van der Waals surface area contributed by atoms with Crippen LogP contribution in [0, 0.1) is 0 Å². The molecule has 1 aliphatic rings. The van der Waals surface area contributed by atoms with Gasteiger partial charge in [0.1, 0.15) is 5.69 Å². The topological polar surface area (TPSA) is 142 Å². The number of carbonyl (C=O) groups is 1. The van der Waals surface area contributed by atoms with Crippen molar-refractivity contribution in [2.45, 2.75) is 12.5 Å². The molecule has 1 amide bonds. The van der Waals surface area contributed by atoms with Gasteiger partial charge in [0, 0.05) is 38.8 Å². The highest BCUT2D eigenvalue weighted by Gasteiger charge is 2.21. The highest BCUT2D eigenvalue weighted by Crippen LogP contribution is 2.16. The van der Waals surface area contributed by atoms with E-state index < -0.39 is 17.2 Å². The number of aromatic nitrogens is 4. The zero-order valence-corrected chi connectivity index (χ0v) is 14.7. The maximum atomic E-state index is 12.0. The molecule has 1 saturated heterocycles. The van der Waals surface area contributed by atoms with Gasteiger partial charge in [-0.05, 0) is 6.42 Å². The van der Waals surface area contributed by atoms with E-state index in [-0.39, 0.29) is 17.4 Å². The van der Waals surface area contributed by atoms with Crippen LogP contribution in [-0.4, -0.2) is 58.0 Å². The first-order chi connectivity index (χ1) is 12.9. The second-order valence-corrected chi connectivity index (χ2v) is 6.16. The molecule has 0 aliphatic carbocycles. The Morgan fingerprint density at radius 3 is 2.89 bits per heavy atom. The lowest BCUT2D eigenvalue weighted by atomic mass is 10.2. The highest BCUT2D eigenvalue weighted by atomic mass is 16.5. The van der Waals surface area contributed by atoms with Crippen LogP contribution in [0.15, 0.2) is 32.7 Å². The number of hydrogen-bond acceptors (Lipinski definition) is 7. The maximum Gasteiger partial charge on any atom is 0.326 e. The van der Waals surface area contributed by atoms with Gasteiger partial charge in [-0.25, -0.2) is 9.48 Å². The number of morpholine rings is 1. The van der Waals surface area contributed by atoms with E-state index in [2.05, 4.69) is 15.4 Å². The molecule has 1 aliphatic heterocycles. The number of nitrogens with one attached hydrogen (secondary N) is 3. The second kappa shape index (κ2) is 7.99. The zero-order valence-electron chi connectivity index (χ0n) is 14.7. The molecule has 0 saturated carbocycles. The molecule has 2 aromatic heterocycles. The molecule has 0 unspecified atom stereocenters. The van der Waals surface area contributed by atoms with Gasteiger partial charge < -0.3 is 19.9 Å². The number of amides is 1. The Hall–Kier alpha value is -3.21. The van der Waals surface area contributed by atoms with Gasteiger partial charge in [0.25, 0.3) is 17.0 Å². The van der Waals surface area contributed by atoms with E-state index in [4.69, 9.17) is 4.74 Å². The predicted octanol–water partition coefficient (Wildman–Crippen LogP) is -1.82. The molecule has 0 aromatic carbocycles. The lowest BCUT2D eigenvalue weighted by molar-refractivity contribution is 0.0353. The minimum absolute atomic E-state index is 0.0962. The van der Waals surface area contributed by atoms with Crippen LogP contribution in [0.4, 0.5) is 5.69 Å². The van der Waals surface area contributed by atoms with Crippen LogP contribution in [-0.2, 0) is 11.8 Å². The lowest BCUT2D eigenvalue weighted by Crippen LogP contribution is -2.44. The van der Waals surface area contributed by atoms with E-state index in [1.54, 1.807) is 13.2 Å². The number of H-pyrrole nitrogens is 2. The van der Waals surface area contributed by atoms with Crippen molar-refractivity contribution in [2.24, 2.45) is 7.05 Å². The van der Waals surface area contributed by atoms with Crippen LogP contribution in [0.5, 0.6) is 0 Å². The molecule has 2 aromatic rings. The fraction of sp³-hybridized carbons (Fsp3) is 0.438. The summed E-state index contributed by atoms with van der Waals surface area (Å²) < 4.78 is 6.96. The standard InChI is InChI=1S/C16H20N6O5/c1-21-14(24)6-10(8-18-21)22-4-5-27-11(9-22)2-3-17-15(25)12-7-13(23)20-16(26)19-12/h6-8,11H,2-5,9H2,1H3,(H,17,25)(H2,19,20,23,26)/t11-/m0/s1. The number of anilines is 1. The van der Waals surface area contributed by atoms with Gasteiger partial charge >= 0.3 is 5.69 Å². The molecule has 3 heterocycles. The molecular weight excluding hydrogens is 356 g/mol. The highest BCUT2D eigenvalue weighted by molar-refractivity contribution is 5.91. The van der Waals surface area contributed by atoms with Crippen LogP contribution < -0.4 is 27.0 Å². The van der Waals surface area contributed by atoms with Crippen LogP contribution in [0.3, 0.4) is 0 Å². The summed E-state index contributed by atoms with van der Waals surface area (Å²) in [6.45, 7) is 2.01. The molecule has 11 nitrogen and oxygen atoms in total. The van der Waals surface area contributed by atoms with E-state index in [1.165, 1.54) is 10.7 Å². The molecule has 3 N–H and O–H groups in total. The van der Waals surface area contributed by atoms with Crippen molar-refractivity contribution in [2.75, 3.05) is 31.1 Å². The first kappa shape index (κ1) is 18.6. The fourth-order valence-electron chi connectivity index (χ4n) is 2.79. The van der Waals surface area contributed by atoms with Crippen molar-refractivity contribution in [3.05, 3.63) is 55.2 Å². The van der Waals surface area contributed by atoms with Gasteiger partial charge in [-0.2, -0.15) is 5.10 Å². The number of rotatable bonds is 5. The van der Waals surface area contributed by atoms with Crippen molar-refractivity contribution in [3.63, 3.8) is 0 Å². The molecule has 0 bridgehead atoms. The number of aromatic amines is 2. The fourth-order valence-corrected chi connectivity index (χ4v) is 2.79. The number of carbonyl (C=O) groups excluding carboxylic acids is 1. The normalized spacial score (nSPS) is 16.9. The molecule has 27 heavy (non-hydrogen) atoms. The predicted molar refractivity (Wildman–Crippen MR) is 96.1 cm³/mol. The van der Waals surface area contributed by atoms with Crippen molar-refractivity contribution < 1.29 is 9.53 Å². The zero-order chi connectivity index (χ0) is 19.4. The van der Waals surface area contributed by atoms with Gasteiger partial charge in [-0.15, -0.1) is 0 Å². The summed E-state index contributed by atoms with van der Waals surface area (Å²) in [6, 6.07) is 2.55. The Morgan fingerprint density at radius 1 is 1.33 bits per heavy atom. The smallest absolute Gasteiger partial charge is 0.326 e. The summed E-state index contributed by atoms with van der Waals surface area (Å²) in [5, 5.41) is 6.67. The summed E-state index contributed by atoms with van der Waals surface area (Å²) in [5.41, 5.74) is -0.924. The second-order valence-electron chi connectivity index (χ2n) is 6.16. The van der Waals surface area contributed by atoms with Crippen molar-refractivity contribution in [1.82, 2.24) is 25.1 Å². The van der Waals surface area contributed by atoms with Gasteiger partial charge in [0.15, 0.2) is 0 Å². The summed E-state index contributed by atoms with van der Waals surface area (Å²) in [7, 11) is 1.59. The molecule has 0 radical (unpaired) electrons. The third kappa shape index (κ3) is 4.70.